The van der Waals surface area contributed by atoms with Crippen molar-refractivity contribution in [3.05, 3.63) is 111 Å². The van der Waals surface area contributed by atoms with Gasteiger partial charge in [0.25, 0.3) is 11.5 Å². The highest BCUT2D eigenvalue weighted by atomic mass is 19.1. The van der Waals surface area contributed by atoms with Crippen LogP contribution in [0.15, 0.2) is 71.8 Å². The van der Waals surface area contributed by atoms with Crippen LogP contribution in [0, 0.1) is 17.1 Å². The molecule has 4 rings (SSSR count). The van der Waals surface area contributed by atoms with Crippen LogP contribution in [0.3, 0.4) is 0 Å². The van der Waals surface area contributed by atoms with Crippen LogP contribution in [-0.2, 0) is 19.6 Å². The first-order chi connectivity index (χ1) is 18.3. The Morgan fingerprint density at radius 3 is 2.45 bits per heavy atom. The highest BCUT2D eigenvalue weighted by Gasteiger charge is 2.20. The molecule has 0 fully saturated rings. The first-order valence-corrected chi connectivity index (χ1v) is 11.8. The number of benzene rings is 2. The van der Waals surface area contributed by atoms with Gasteiger partial charge in [-0.2, -0.15) is 10.4 Å². The fourth-order valence-corrected chi connectivity index (χ4v) is 4.01. The number of anilines is 1. The highest BCUT2D eigenvalue weighted by molar-refractivity contribution is 5.98. The number of carbonyl (C=O) groups excluding carboxylic acids is 1. The van der Waals surface area contributed by atoms with E-state index in [1.807, 2.05) is 36.4 Å². The van der Waals surface area contributed by atoms with Crippen molar-refractivity contribution in [3.8, 4) is 11.8 Å². The van der Waals surface area contributed by atoms with Gasteiger partial charge in [0.15, 0.2) is 17.4 Å². The molecule has 4 aromatic rings. The third-order valence-corrected chi connectivity index (χ3v) is 6.00. The van der Waals surface area contributed by atoms with Crippen LogP contribution in [-0.4, -0.2) is 41.5 Å². The van der Waals surface area contributed by atoms with Crippen LogP contribution >= 0.6 is 0 Å². The van der Waals surface area contributed by atoms with E-state index in [1.54, 1.807) is 46.7 Å². The molecule has 0 bridgehead atoms. The van der Waals surface area contributed by atoms with Gasteiger partial charge in [0.1, 0.15) is 5.56 Å². The molecule has 0 saturated carbocycles. The van der Waals surface area contributed by atoms with Gasteiger partial charge < -0.3 is 19.5 Å². The summed E-state index contributed by atoms with van der Waals surface area (Å²) < 4.78 is 23.0. The number of rotatable bonds is 9. The van der Waals surface area contributed by atoms with Gasteiger partial charge in [-0.05, 0) is 29.3 Å². The fourth-order valence-electron chi connectivity index (χ4n) is 4.01. The van der Waals surface area contributed by atoms with E-state index in [2.05, 4.69) is 10.4 Å². The number of aromatic nitrogens is 3. The maximum Gasteiger partial charge on any atom is 0.256 e. The van der Waals surface area contributed by atoms with E-state index >= 15 is 0 Å². The third kappa shape index (κ3) is 5.73. The van der Waals surface area contributed by atoms with E-state index in [9.17, 15) is 19.2 Å². The molecule has 1 amide bonds. The van der Waals surface area contributed by atoms with Crippen molar-refractivity contribution in [2.24, 2.45) is 0 Å². The minimum atomic E-state index is -0.684. The van der Waals surface area contributed by atoms with E-state index in [-0.39, 0.29) is 29.0 Å². The number of amides is 1. The van der Waals surface area contributed by atoms with Gasteiger partial charge in [-0.1, -0.05) is 30.3 Å². The van der Waals surface area contributed by atoms with Gasteiger partial charge >= 0.3 is 0 Å². The summed E-state index contributed by atoms with van der Waals surface area (Å²) in [6.45, 7) is 0.704. The van der Waals surface area contributed by atoms with Crippen LogP contribution < -0.4 is 20.5 Å². The summed E-state index contributed by atoms with van der Waals surface area (Å²) in [7, 11) is 4.89. The molecule has 194 valence electrons. The second-order valence-electron chi connectivity index (χ2n) is 8.84. The first-order valence-electron chi connectivity index (χ1n) is 11.8. The zero-order valence-electron chi connectivity index (χ0n) is 21.3. The topological polar surface area (TPSA) is 105 Å². The Labute approximate surface area is 219 Å². The van der Waals surface area contributed by atoms with Crippen LogP contribution in [0.2, 0.25) is 0 Å². The van der Waals surface area contributed by atoms with Gasteiger partial charge in [-0.25, -0.2) is 4.39 Å². The van der Waals surface area contributed by atoms with E-state index in [0.717, 1.165) is 11.1 Å². The summed E-state index contributed by atoms with van der Waals surface area (Å²) in [6.07, 6.45) is 3.38. The number of nitrogens with zero attached hydrogens (tertiary/aromatic N) is 5. The van der Waals surface area contributed by atoms with Crippen molar-refractivity contribution in [2.75, 3.05) is 26.1 Å². The molecule has 10 heteroatoms. The van der Waals surface area contributed by atoms with Crippen LogP contribution in [0.25, 0.3) is 0 Å². The van der Waals surface area contributed by atoms with Crippen molar-refractivity contribution in [2.45, 2.75) is 19.6 Å². The molecule has 0 atom stereocenters. The zero-order chi connectivity index (χ0) is 27.2. The fraction of sp³-hybridized carbons (Fsp3) is 0.214. The Morgan fingerprint density at radius 2 is 1.82 bits per heavy atom. The summed E-state index contributed by atoms with van der Waals surface area (Å²) in [4.78, 5) is 26.7. The quantitative estimate of drug-likeness (QED) is 0.368. The number of nitriles is 1. The van der Waals surface area contributed by atoms with Crippen molar-refractivity contribution >= 4 is 11.7 Å². The van der Waals surface area contributed by atoms with Gasteiger partial charge in [0.2, 0.25) is 0 Å². The molecular weight excluding hydrogens is 487 g/mol. The number of ether oxygens (including phenoxy) is 1. The molecule has 0 aliphatic carbocycles. The number of hydrogen-bond donors (Lipinski definition) is 1. The van der Waals surface area contributed by atoms with Crippen molar-refractivity contribution in [1.29, 1.82) is 5.26 Å². The second-order valence-corrected chi connectivity index (χ2v) is 8.84. The molecule has 0 saturated heterocycles. The van der Waals surface area contributed by atoms with Crippen molar-refractivity contribution in [1.82, 2.24) is 19.7 Å². The number of pyridine rings is 1. The zero-order valence-corrected chi connectivity index (χ0v) is 21.3. The monoisotopic (exact) mass is 514 g/mol. The molecule has 1 N–H and O–H groups in total. The number of methoxy groups -OCH3 is 1. The largest absolute Gasteiger partial charge is 0.494 e. The highest BCUT2D eigenvalue weighted by Crippen LogP contribution is 2.24. The SMILES string of the molecule is COc1ccc(C#N)c(CNC(=O)c2cn(Cc3ccc(Cn4ccccc4=O)cc3)nc2N(C)C)c1F. The molecule has 2 aromatic heterocycles. The minimum Gasteiger partial charge on any atom is -0.494 e. The molecule has 0 aliphatic rings. The lowest BCUT2D eigenvalue weighted by Gasteiger charge is -2.13. The number of nitrogens with one attached hydrogen (secondary N) is 1. The lowest BCUT2D eigenvalue weighted by Crippen LogP contribution is -2.25. The third-order valence-electron chi connectivity index (χ3n) is 6.00. The Kier molecular flexibility index (Phi) is 7.87. The predicted octanol–water partition coefficient (Wildman–Crippen LogP) is 3.16. The average Bonchev–Trinajstić information content (AvgIpc) is 3.34. The Bertz CT molecular complexity index is 1550. The first kappa shape index (κ1) is 26.2. The Morgan fingerprint density at radius 1 is 1.11 bits per heavy atom. The van der Waals surface area contributed by atoms with Gasteiger partial charge in [0.05, 0.1) is 31.8 Å². The number of carbonyl (C=O) groups is 1. The van der Waals surface area contributed by atoms with Crippen LogP contribution in [0.5, 0.6) is 5.75 Å². The summed E-state index contributed by atoms with van der Waals surface area (Å²) >= 11 is 0. The molecule has 0 spiro atoms. The van der Waals surface area contributed by atoms with Gasteiger partial charge in [-0.3, -0.25) is 14.3 Å². The molecule has 38 heavy (non-hydrogen) atoms. The second kappa shape index (κ2) is 11.4. The van der Waals surface area contributed by atoms with Crippen LogP contribution in [0.4, 0.5) is 10.2 Å². The summed E-state index contributed by atoms with van der Waals surface area (Å²) in [5.74, 6) is -0.684. The number of hydrogen-bond acceptors (Lipinski definition) is 6. The smallest absolute Gasteiger partial charge is 0.256 e. The molecule has 0 radical (unpaired) electrons. The van der Waals surface area contributed by atoms with Crippen molar-refractivity contribution < 1.29 is 13.9 Å². The molecule has 0 aliphatic heterocycles. The van der Waals surface area contributed by atoms with Crippen LogP contribution in [0.1, 0.15) is 32.6 Å². The van der Waals surface area contributed by atoms with Crippen molar-refractivity contribution in [3.63, 3.8) is 0 Å². The Balaban J connectivity index is 1.49. The summed E-state index contributed by atoms with van der Waals surface area (Å²) in [6, 6.07) is 17.6. The maximum absolute atomic E-state index is 14.7. The van der Waals surface area contributed by atoms with E-state index in [4.69, 9.17) is 4.74 Å². The predicted molar refractivity (Wildman–Crippen MR) is 141 cm³/mol. The lowest BCUT2D eigenvalue weighted by atomic mass is 10.1. The lowest BCUT2D eigenvalue weighted by molar-refractivity contribution is 0.0951. The standard InChI is InChI=1S/C28H27FN6O3/c1-33(2)27-23(28(37)31-15-22-21(14-30)11-12-24(38-3)26(22)29)18-35(32-27)17-20-9-7-19(8-10-20)16-34-13-5-4-6-25(34)36/h4-13,18H,15-17H2,1-3H3,(H,31,37). The summed E-state index contributed by atoms with van der Waals surface area (Å²) in [5, 5.41) is 16.6. The molecule has 0 unspecified atom stereocenters. The normalized spacial score (nSPS) is 10.6. The molecule has 2 aromatic carbocycles. The molecule has 9 nitrogen and oxygen atoms in total. The molecular formula is C28H27FN6O3. The van der Waals surface area contributed by atoms with Gasteiger partial charge in [-0.15, -0.1) is 0 Å². The minimum absolute atomic E-state index is 0.00287. The number of halogens is 1. The summed E-state index contributed by atoms with van der Waals surface area (Å²) in [5.41, 5.74) is 2.37. The maximum atomic E-state index is 14.7. The van der Waals surface area contributed by atoms with E-state index < -0.39 is 11.7 Å². The average molecular weight is 515 g/mol. The van der Waals surface area contributed by atoms with Gasteiger partial charge in [0, 0.05) is 44.7 Å². The van der Waals surface area contributed by atoms with E-state index in [1.165, 1.54) is 25.3 Å². The molecule has 2 heterocycles. The van der Waals surface area contributed by atoms with E-state index in [0.29, 0.717) is 24.5 Å². The Hall–Kier alpha value is -4.91.